The lowest BCUT2D eigenvalue weighted by Gasteiger charge is -1.89. The summed E-state index contributed by atoms with van der Waals surface area (Å²) in [6, 6.07) is 1.77. The van der Waals surface area contributed by atoms with Crippen molar-refractivity contribution in [2.75, 3.05) is 0 Å². The molecule has 0 fully saturated rings. The molecule has 0 unspecified atom stereocenters. The minimum Gasteiger partial charge on any atom is -0.481 e. The standard InChI is InChI=1S/C7H7BrO3/c8-5-3-6(11-4-5)1-2-7(9)10/h3-4H,1-2H2,(H,9,10). The van der Waals surface area contributed by atoms with Gasteiger partial charge in [0.05, 0.1) is 10.9 Å². The first-order valence-corrected chi connectivity index (χ1v) is 3.92. The number of aliphatic carboxylic acids is 1. The Balaban J connectivity index is 2.45. The number of aryl methyl sites for hydroxylation is 1. The molecule has 0 atom stereocenters. The van der Waals surface area contributed by atoms with Crippen molar-refractivity contribution in [1.82, 2.24) is 0 Å². The quantitative estimate of drug-likeness (QED) is 0.846. The van der Waals surface area contributed by atoms with E-state index in [0.717, 1.165) is 4.47 Å². The van der Waals surface area contributed by atoms with Crippen LogP contribution < -0.4 is 0 Å². The van der Waals surface area contributed by atoms with Crippen LogP contribution in [0.25, 0.3) is 0 Å². The molecule has 4 heteroatoms. The molecule has 0 aromatic carbocycles. The molecule has 0 aliphatic rings. The Kier molecular flexibility index (Phi) is 2.70. The maximum Gasteiger partial charge on any atom is 0.303 e. The van der Waals surface area contributed by atoms with Crippen molar-refractivity contribution >= 4 is 21.9 Å². The van der Waals surface area contributed by atoms with Gasteiger partial charge in [0, 0.05) is 6.42 Å². The van der Waals surface area contributed by atoms with Crippen molar-refractivity contribution in [2.24, 2.45) is 0 Å². The van der Waals surface area contributed by atoms with E-state index < -0.39 is 5.97 Å². The van der Waals surface area contributed by atoms with E-state index in [1.54, 1.807) is 6.07 Å². The van der Waals surface area contributed by atoms with Gasteiger partial charge in [-0.2, -0.15) is 0 Å². The van der Waals surface area contributed by atoms with Crippen LogP contribution in [0.1, 0.15) is 12.2 Å². The molecule has 60 valence electrons. The Morgan fingerprint density at radius 3 is 2.91 bits per heavy atom. The fourth-order valence-electron chi connectivity index (χ4n) is 0.715. The van der Waals surface area contributed by atoms with Crippen molar-refractivity contribution in [2.45, 2.75) is 12.8 Å². The number of carbonyl (C=O) groups is 1. The molecule has 0 saturated heterocycles. The molecule has 0 saturated carbocycles. The van der Waals surface area contributed by atoms with Gasteiger partial charge in [0.2, 0.25) is 0 Å². The van der Waals surface area contributed by atoms with E-state index in [4.69, 9.17) is 9.52 Å². The highest BCUT2D eigenvalue weighted by Crippen LogP contribution is 2.14. The monoisotopic (exact) mass is 218 g/mol. The SMILES string of the molecule is O=C(O)CCc1cc(Br)co1. The number of halogens is 1. The summed E-state index contributed by atoms with van der Waals surface area (Å²) >= 11 is 3.20. The summed E-state index contributed by atoms with van der Waals surface area (Å²) in [4.78, 5) is 10.1. The maximum atomic E-state index is 10.1. The molecule has 1 N–H and O–H groups in total. The highest BCUT2D eigenvalue weighted by atomic mass is 79.9. The molecule has 3 nitrogen and oxygen atoms in total. The summed E-state index contributed by atoms with van der Waals surface area (Å²) in [7, 11) is 0. The fourth-order valence-corrected chi connectivity index (χ4v) is 1.06. The number of hydrogen-bond donors (Lipinski definition) is 1. The van der Waals surface area contributed by atoms with Gasteiger partial charge in [-0.1, -0.05) is 0 Å². The van der Waals surface area contributed by atoms with Crippen LogP contribution in [0.5, 0.6) is 0 Å². The molecule has 1 heterocycles. The maximum absolute atomic E-state index is 10.1. The highest BCUT2D eigenvalue weighted by Gasteiger charge is 2.02. The number of carboxylic acid groups (broad SMARTS) is 1. The zero-order chi connectivity index (χ0) is 8.27. The largest absolute Gasteiger partial charge is 0.481 e. The van der Waals surface area contributed by atoms with Crippen molar-refractivity contribution < 1.29 is 14.3 Å². The van der Waals surface area contributed by atoms with Gasteiger partial charge in [-0.15, -0.1) is 0 Å². The average molecular weight is 219 g/mol. The number of furan rings is 1. The van der Waals surface area contributed by atoms with Gasteiger partial charge in [0.15, 0.2) is 0 Å². The Morgan fingerprint density at radius 1 is 1.73 bits per heavy atom. The normalized spacial score (nSPS) is 9.91. The van der Waals surface area contributed by atoms with Crippen LogP contribution in [0.15, 0.2) is 21.2 Å². The number of rotatable bonds is 3. The van der Waals surface area contributed by atoms with Gasteiger partial charge in [-0.25, -0.2) is 0 Å². The molecule has 1 rings (SSSR count). The second-order valence-corrected chi connectivity index (χ2v) is 3.04. The van der Waals surface area contributed by atoms with Crippen LogP contribution in [0.2, 0.25) is 0 Å². The first-order valence-electron chi connectivity index (χ1n) is 3.13. The van der Waals surface area contributed by atoms with Gasteiger partial charge in [0.25, 0.3) is 0 Å². The molecule has 0 aliphatic carbocycles. The van der Waals surface area contributed by atoms with E-state index >= 15 is 0 Å². The van der Waals surface area contributed by atoms with E-state index in [1.165, 1.54) is 6.26 Å². The Morgan fingerprint density at radius 2 is 2.45 bits per heavy atom. The van der Waals surface area contributed by atoms with E-state index in [2.05, 4.69) is 15.9 Å². The lowest BCUT2D eigenvalue weighted by Crippen LogP contribution is -1.95. The predicted octanol–water partition coefficient (Wildman–Crippen LogP) is 2.06. The molecule has 0 spiro atoms. The average Bonchev–Trinajstić information content (AvgIpc) is 2.31. The van der Waals surface area contributed by atoms with Crippen LogP contribution in [0.4, 0.5) is 0 Å². The van der Waals surface area contributed by atoms with Gasteiger partial charge >= 0.3 is 5.97 Å². The molecule has 1 aromatic heterocycles. The van der Waals surface area contributed by atoms with Crippen molar-refractivity contribution in [3.05, 3.63) is 22.6 Å². The van der Waals surface area contributed by atoms with Crippen molar-refractivity contribution in [3.8, 4) is 0 Å². The van der Waals surface area contributed by atoms with E-state index in [0.29, 0.717) is 12.2 Å². The molecule has 11 heavy (non-hydrogen) atoms. The van der Waals surface area contributed by atoms with Crippen LogP contribution in [-0.4, -0.2) is 11.1 Å². The molecule has 0 amide bonds. The van der Waals surface area contributed by atoms with E-state index in [1.807, 2.05) is 0 Å². The second-order valence-electron chi connectivity index (χ2n) is 2.12. The molecule has 1 aromatic rings. The Labute approximate surface area is 72.1 Å². The second kappa shape index (κ2) is 3.57. The zero-order valence-electron chi connectivity index (χ0n) is 5.71. The summed E-state index contributed by atoms with van der Waals surface area (Å²) in [5.41, 5.74) is 0. The Hall–Kier alpha value is -0.770. The van der Waals surface area contributed by atoms with Gasteiger partial charge in [0.1, 0.15) is 12.0 Å². The minimum absolute atomic E-state index is 0.111. The minimum atomic E-state index is -0.808. The van der Waals surface area contributed by atoms with E-state index in [9.17, 15) is 4.79 Å². The first-order chi connectivity index (χ1) is 5.18. The molecular formula is C7H7BrO3. The Bertz CT molecular complexity index is 254. The molecule has 0 radical (unpaired) electrons. The molecule has 0 aliphatic heterocycles. The van der Waals surface area contributed by atoms with Crippen molar-refractivity contribution in [1.29, 1.82) is 0 Å². The summed E-state index contributed by atoms with van der Waals surface area (Å²) < 4.78 is 5.85. The van der Waals surface area contributed by atoms with Gasteiger partial charge in [-0.05, 0) is 22.0 Å². The van der Waals surface area contributed by atoms with Crippen molar-refractivity contribution in [3.63, 3.8) is 0 Å². The van der Waals surface area contributed by atoms with Gasteiger partial charge < -0.3 is 9.52 Å². The van der Waals surface area contributed by atoms with E-state index in [-0.39, 0.29) is 6.42 Å². The summed E-state index contributed by atoms with van der Waals surface area (Å²) in [6.07, 6.45) is 2.10. The van der Waals surface area contributed by atoms with Crippen LogP contribution in [0, 0.1) is 0 Å². The van der Waals surface area contributed by atoms with Crippen LogP contribution >= 0.6 is 15.9 Å². The van der Waals surface area contributed by atoms with Crippen LogP contribution in [0.3, 0.4) is 0 Å². The third-order valence-corrected chi connectivity index (χ3v) is 1.62. The summed E-state index contributed by atoms with van der Waals surface area (Å²) in [5.74, 6) is -0.114. The highest BCUT2D eigenvalue weighted by molar-refractivity contribution is 9.10. The predicted molar refractivity (Wildman–Crippen MR) is 42.4 cm³/mol. The zero-order valence-corrected chi connectivity index (χ0v) is 7.30. The topological polar surface area (TPSA) is 50.4 Å². The van der Waals surface area contributed by atoms with Crippen LogP contribution in [-0.2, 0) is 11.2 Å². The summed E-state index contributed by atoms with van der Waals surface area (Å²) in [5, 5.41) is 8.33. The smallest absolute Gasteiger partial charge is 0.303 e. The van der Waals surface area contributed by atoms with Gasteiger partial charge in [-0.3, -0.25) is 4.79 Å². The summed E-state index contributed by atoms with van der Waals surface area (Å²) in [6.45, 7) is 0. The number of carboxylic acids is 1. The lowest BCUT2D eigenvalue weighted by atomic mass is 10.2. The lowest BCUT2D eigenvalue weighted by molar-refractivity contribution is -0.137. The molecular weight excluding hydrogens is 212 g/mol. The first kappa shape index (κ1) is 8.33. The fraction of sp³-hybridized carbons (Fsp3) is 0.286. The third kappa shape index (κ3) is 2.76. The molecule has 0 bridgehead atoms. The third-order valence-electron chi connectivity index (χ3n) is 1.21. The number of hydrogen-bond acceptors (Lipinski definition) is 2.